The Morgan fingerprint density at radius 1 is 1.04 bits per heavy atom. The van der Waals surface area contributed by atoms with Gasteiger partial charge in [0.15, 0.2) is 0 Å². The Morgan fingerprint density at radius 2 is 1.78 bits per heavy atom. The number of hydrogen-bond acceptors (Lipinski definition) is 1. The van der Waals surface area contributed by atoms with Gasteiger partial charge in [0.05, 0.1) is 5.56 Å². The lowest BCUT2D eigenvalue weighted by Gasteiger charge is -2.10. The van der Waals surface area contributed by atoms with Crippen LogP contribution in [-0.4, -0.2) is 5.91 Å². The third kappa shape index (κ3) is 4.12. The van der Waals surface area contributed by atoms with Crippen LogP contribution in [0.3, 0.4) is 0 Å². The summed E-state index contributed by atoms with van der Waals surface area (Å²) in [5, 5.41) is 2.46. The van der Waals surface area contributed by atoms with Crippen molar-refractivity contribution < 1.29 is 18.0 Å². The average Bonchev–Trinajstić information content (AvgIpc) is 2.54. The van der Waals surface area contributed by atoms with Gasteiger partial charge in [0.25, 0.3) is 5.91 Å². The maximum atomic E-state index is 14.3. The molecule has 0 atom stereocenters. The SMILES string of the molecule is CCCCc1c(F)ccc(C(=O)NCc2ccccc2F)c1F. The number of halogens is 3. The molecule has 0 saturated carbocycles. The molecule has 0 spiro atoms. The first-order chi connectivity index (χ1) is 11.0. The molecule has 0 fully saturated rings. The van der Waals surface area contributed by atoms with Gasteiger partial charge in [0.2, 0.25) is 0 Å². The van der Waals surface area contributed by atoms with E-state index < -0.39 is 23.4 Å². The normalized spacial score (nSPS) is 10.6. The molecule has 0 unspecified atom stereocenters. The zero-order valence-corrected chi connectivity index (χ0v) is 12.8. The molecule has 23 heavy (non-hydrogen) atoms. The van der Waals surface area contributed by atoms with Crippen molar-refractivity contribution >= 4 is 5.91 Å². The molecular weight excluding hydrogens is 303 g/mol. The van der Waals surface area contributed by atoms with Crippen molar-refractivity contribution in [2.75, 3.05) is 0 Å². The minimum absolute atomic E-state index is 0.0629. The van der Waals surface area contributed by atoms with Gasteiger partial charge >= 0.3 is 0 Å². The summed E-state index contributed by atoms with van der Waals surface area (Å²) in [6.07, 6.45) is 1.67. The van der Waals surface area contributed by atoms with Crippen LogP contribution in [0.25, 0.3) is 0 Å². The van der Waals surface area contributed by atoms with E-state index >= 15 is 0 Å². The number of amides is 1. The van der Waals surface area contributed by atoms with Gasteiger partial charge in [0, 0.05) is 17.7 Å². The second-order valence-corrected chi connectivity index (χ2v) is 5.27. The number of nitrogens with one attached hydrogen (secondary N) is 1. The summed E-state index contributed by atoms with van der Waals surface area (Å²) in [5.41, 5.74) is -0.00573. The van der Waals surface area contributed by atoms with Crippen molar-refractivity contribution in [1.29, 1.82) is 0 Å². The van der Waals surface area contributed by atoms with Crippen molar-refractivity contribution in [3.05, 3.63) is 70.5 Å². The highest BCUT2D eigenvalue weighted by Gasteiger charge is 2.18. The molecule has 0 heterocycles. The quantitative estimate of drug-likeness (QED) is 0.840. The van der Waals surface area contributed by atoms with Gasteiger partial charge in [-0.05, 0) is 31.0 Å². The fourth-order valence-electron chi connectivity index (χ4n) is 2.27. The van der Waals surface area contributed by atoms with Crippen molar-refractivity contribution in [2.24, 2.45) is 0 Å². The van der Waals surface area contributed by atoms with Crippen LogP contribution in [0.5, 0.6) is 0 Å². The van der Waals surface area contributed by atoms with Gasteiger partial charge in [-0.1, -0.05) is 31.5 Å². The van der Waals surface area contributed by atoms with Crippen LogP contribution in [0.1, 0.15) is 41.3 Å². The molecule has 122 valence electrons. The number of carbonyl (C=O) groups is 1. The van der Waals surface area contributed by atoms with Crippen LogP contribution < -0.4 is 5.32 Å². The third-order valence-electron chi connectivity index (χ3n) is 3.61. The van der Waals surface area contributed by atoms with Gasteiger partial charge < -0.3 is 5.32 Å². The highest BCUT2D eigenvalue weighted by atomic mass is 19.1. The first kappa shape index (κ1) is 17.1. The molecule has 0 aliphatic rings. The Balaban J connectivity index is 2.14. The molecule has 0 aromatic heterocycles. The Morgan fingerprint density at radius 3 is 2.48 bits per heavy atom. The van der Waals surface area contributed by atoms with Gasteiger partial charge in [-0.15, -0.1) is 0 Å². The minimum Gasteiger partial charge on any atom is -0.348 e. The fourth-order valence-corrected chi connectivity index (χ4v) is 2.27. The van der Waals surface area contributed by atoms with E-state index in [2.05, 4.69) is 5.32 Å². The van der Waals surface area contributed by atoms with Crippen LogP contribution >= 0.6 is 0 Å². The predicted octanol–water partition coefficient (Wildman–Crippen LogP) is 4.38. The van der Waals surface area contributed by atoms with Gasteiger partial charge in [-0.2, -0.15) is 0 Å². The highest BCUT2D eigenvalue weighted by Crippen LogP contribution is 2.19. The van der Waals surface area contributed by atoms with Crippen LogP contribution in [0.4, 0.5) is 13.2 Å². The summed E-state index contributed by atoms with van der Waals surface area (Å²) in [5.74, 6) is -2.63. The summed E-state index contributed by atoms with van der Waals surface area (Å²) in [6, 6.07) is 8.20. The van der Waals surface area contributed by atoms with Crippen molar-refractivity contribution in [1.82, 2.24) is 5.32 Å². The number of benzene rings is 2. The van der Waals surface area contributed by atoms with E-state index in [9.17, 15) is 18.0 Å². The molecule has 0 saturated heterocycles. The second-order valence-electron chi connectivity index (χ2n) is 5.27. The van der Waals surface area contributed by atoms with E-state index in [0.717, 1.165) is 18.6 Å². The van der Waals surface area contributed by atoms with Crippen molar-refractivity contribution in [2.45, 2.75) is 32.7 Å². The molecule has 5 heteroatoms. The van der Waals surface area contributed by atoms with E-state index in [-0.39, 0.29) is 24.1 Å². The summed E-state index contributed by atoms with van der Waals surface area (Å²) >= 11 is 0. The van der Waals surface area contributed by atoms with Crippen LogP contribution in [-0.2, 0) is 13.0 Å². The van der Waals surface area contributed by atoms with Crippen LogP contribution in [0, 0.1) is 17.5 Å². The van der Waals surface area contributed by atoms with Crippen LogP contribution in [0.15, 0.2) is 36.4 Å². The molecule has 1 N–H and O–H groups in total. The largest absolute Gasteiger partial charge is 0.348 e. The second kappa shape index (κ2) is 7.81. The van der Waals surface area contributed by atoms with E-state index in [1.165, 1.54) is 12.1 Å². The maximum absolute atomic E-state index is 14.3. The molecule has 0 aliphatic heterocycles. The first-order valence-corrected chi connectivity index (χ1v) is 7.53. The van der Waals surface area contributed by atoms with E-state index in [1.807, 2.05) is 6.92 Å². The Hall–Kier alpha value is -2.30. The predicted molar refractivity (Wildman–Crippen MR) is 82.5 cm³/mol. The Labute approximate surface area is 133 Å². The first-order valence-electron chi connectivity index (χ1n) is 7.53. The summed E-state index contributed by atoms with van der Waals surface area (Å²) in [6.45, 7) is 1.85. The number of carbonyl (C=O) groups excluding carboxylic acids is 1. The molecular formula is C18H18F3NO. The Kier molecular flexibility index (Phi) is 5.79. The zero-order valence-electron chi connectivity index (χ0n) is 12.8. The zero-order chi connectivity index (χ0) is 16.8. The molecule has 0 radical (unpaired) electrons. The van der Waals surface area contributed by atoms with E-state index in [1.54, 1.807) is 12.1 Å². The summed E-state index contributed by atoms with van der Waals surface area (Å²) in [4.78, 5) is 12.1. The summed E-state index contributed by atoms with van der Waals surface area (Å²) in [7, 11) is 0. The number of hydrogen-bond donors (Lipinski definition) is 1. The molecule has 0 aliphatic carbocycles. The monoisotopic (exact) mass is 321 g/mol. The fraction of sp³-hybridized carbons (Fsp3) is 0.278. The van der Waals surface area contributed by atoms with Crippen molar-refractivity contribution in [3.8, 4) is 0 Å². The third-order valence-corrected chi connectivity index (χ3v) is 3.61. The van der Waals surface area contributed by atoms with Crippen LogP contribution in [0.2, 0.25) is 0 Å². The lowest BCUT2D eigenvalue weighted by Crippen LogP contribution is -2.25. The molecule has 0 bridgehead atoms. The van der Waals surface area contributed by atoms with Gasteiger partial charge in [-0.25, -0.2) is 13.2 Å². The highest BCUT2D eigenvalue weighted by molar-refractivity contribution is 5.94. The van der Waals surface area contributed by atoms with Gasteiger partial charge in [-0.3, -0.25) is 4.79 Å². The summed E-state index contributed by atoms with van der Waals surface area (Å²) < 4.78 is 41.5. The topological polar surface area (TPSA) is 29.1 Å². The molecule has 2 nitrogen and oxygen atoms in total. The van der Waals surface area contributed by atoms with E-state index in [0.29, 0.717) is 12.0 Å². The Bertz CT molecular complexity index is 701. The molecule has 2 aromatic rings. The average molecular weight is 321 g/mol. The van der Waals surface area contributed by atoms with E-state index in [4.69, 9.17) is 0 Å². The standard InChI is InChI=1S/C18H18F3NO/c1-2-3-7-13-16(20)10-9-14(17(13)21)18(23)22-11-12-6-4-5-8-15(12)19/h4-6,8-10H,2-3,7,11H2,1H3,(H,22,23). The molecule has 2 rings (SSSR count). The maximum Gasteiger partial charge on any atom is 0.254 e. The lowest BCUT2D eigenvalue weighted by molar-refractivity contribution is 0.0946. The lowest BCUT2D eigenvalue weighted by atomic mass is 10.0. The molecule has 1 amide bonds. The molecule has 2 aromatic carbocycles. The number of unbranched alkanes of at least 4 members (excludes halogenated alkanes) is 1. The van der Waals surface area contributed by atoms with Gasteiger partial charge in [0.1, 0.15) is 17.5 Å². The minimum atomic E-state index is -0.843. The van der Waals surface area contributed by atoms with Crippen molar-refractivity contribution in [3.63, 3.8) is 0 Å². The smallest absolute Gasteiger partial charge is 0.254 e. The number of rotatable bonds is 6.